The van der Waals surface area contributed by atoms with Gasteiger partial charge in [0.1, 0.15) is 0 Å². The molecule has 0 spiro atoms. The van der Waals surface area contributed by atoms with E-state index in [2.05, 4.69) is 23.9 Å². The number of nitrogens with zero attached hydrogens (tertiary/aromatic N) is 1. The van der Waals surface area contributed by atoms with E-state index in [1.165, 1.54) is 28.6 Å². The summed E-state index contributed by atoms with van der Waals surface area (Å²) in [5, 5.41) is 2.56. The van der Waals surface area contributed by atoms with Gasteiger partial charge >= 0.3 is 0 Å². The first-order valence-corrected chi connectivity index (χ1v) is 13.7. The van der Waals surface area contributed by atoms with E-state index in [0.29, 0.717) is 43.5 Å². The van der Waals surface area contributed by atoms with Crippen LogP contribution in [0.1, 0.15) is 30.9 Å². The Kier molecular flexibility index (Phi) is 8.24. The van der Waals surface area contributed by atoms with Gasteiger partial charge in [-0.15, -0.1) is 0 Å². The van der Waals surface area contributed by atoms with E-state index >= 15 is 0 Å². The van der Waals surface area contributed by atoms with Crippen LogP contribution in [0.25, 0.3) is 0 Å². The highest BCUT2D eigenvalue weighted by atomic mass is 32.2. The van der Waals surface area contributed by atoms with E-state index in [9.17, 15) is 21.6 Å². The second-order valence-corrected chi connectivity index (χ2v) is 11.8. The molecule has 9 nitrogen and oxygen atoms in total. The van der Waals surface area contributed by atoms with Crippen molar-refractivity contribution in [3.8, 4) is 0 Å². The van der Waals surface area contributed by atoms with Gasteiger partial charge in [-0.25, -0.2) is 21.6 Å². The molecule has 0 bridgehead atoms. The first kappa shape index (κ1) is 25.3. The lowest BCUT2D eigenvalue weighted by Gasteiger charge is -2.26. The molecular formula is C22H29N3O6S2. The van der Waals surface area contributed by atoms with Crippen LogP contribution in [0.4, 0.5) is 5.69 Å². The number of hydrogen-bond acceptors (Lipinski definition) is 6. The third kappa shape index (κ3) is 7.08. The molecule has 11 heteroatoms. The second-order valence-electron chi connectivity index (χ2n) is 8.07. The van der Waals surface area contributed by atoms with Crippen molar-refractivity contribution >= 4 is 31.6 Å². The highest BCUT2D eigenvalue weighted by Crippen LogP contribution is 2.19. The zero-order valence-electron chi connectivity index (χ0n) is 18.7. The largest absolute Gasteiger partial charge is 0.379 e. The molecule has 2 N–H and O–H groups in total. The molecule has 0 unspecified atom stereocenters. The van der Waals surface area contributed by atoms with Gasteiger partial charge in [0.05, 0.1) is 30.4 Å². The van der Waals surface area contributed by atoms with Crippen molar-refractivity contribution in [3.05, 3.63) is 59.7 Å². The fraction of sp³-hybridized carbons (Fsp3) is 0.409. The molecule has 3 rings (SSSR count). The van der Waals surface area contributed by atoms with Crippen LogP contribution in [0.2, 0.25) is 0 Å². The monoisotopic (exact) mass is 495 g/mol. The number of nitrogens with one attached hydrogen (secondary N) is 2. The molecule has 0 aromatic heterocycles. The molecular weight excluding hydrogens is 466 g/mol. The molecule has 0 atom stereocenters. The van der Waals surface area contributed by atoms with Gasteiger partial charge < -0.3 is 10.1 Å². The number of amides is 1. The fourth-order valence-electron chi connectivity index (χ4n) is 3.30. The maximum absolute atomic E-state index is 12.6. The molecule has 0 saturated carbocycles. The number of carbonyl (C=O) groups is 1. The molecule has 33 heavy (non-hydrogen) atoms. The zero-order chi connectivity index (χ0) is 24.1. The van der Waals surface area contributed by atoms with Crippen molar-refractivity contribution in [2.45, 2.75) is 30.4 Å². The fourth-order valence-corrected chi connectivity index (χ4v) is 5.79. The Hall–Kier alpha value is -2.31. The van der Waals surface area contributed by atoms with Gasteiger partial charge in [0.2, 0.25) is 26.0 Å². The third-order valence-electron chi connectivity index (χ3n) is 5.20. The highest BCUT2D eigenvalue weighted by molar-refractivity contribution is 7.89. The summed E-state index contributed by atoms with van der Waals surface area (Å²) < 4.78 is 58.7. The summed E-state index contributed by atoms with van der Waals surface area (Å²) >= 11 is 0. The quantitative estimate of drug-likeness (QED) is 0.548. The van der Waals surface area contributed by atoms with Crippen molar-refractivity contribution in [1.29, 1.82) is 0 Å². The number of benzene rings is 2. The smallest absolute Gasteiger partial charge is 0.243 e. The lowest BCUT2D eigenvalue weighted by Crippen LogP contribution is -2.40. The Bertz CT molecular complexity index is 1160. The number of carbonyl (C=O) groups excluding carboxylic acids is 1. The van der Waals surface area contributed by atoms with Crippen LogP contribution in [-0.2, 0) is 35.3 Å². The Labute approximate surface area is 195 Å². The van der Waals surface area contributed by atoms with Crippen LogP contribution >= 0.6 is 0 Å². The standard InChI is InChI=1S/C22H29N3O6S2/c1-17(2)19-5-3-18(4-6-19)16-32(27,28)23-15-22(26)24-20-7-9-21(10-8-20)33(29,30)25-11-13-31-14-12-25/h3-10,17,23H,11-16H2,1-2H3,(H,24,26). The van der Waals surface area contributed by atoms with Crippen molar-refractivity contribution < 1.29 is 26.4 Å². The normalized spacial score (nSPS) is 15.5. The summed E-state index contributed by atoms with van der Waals surface area (Å²) in [6.07, 6.45) is 0. The van der Waals surface area contributed by atoms with Crippen molar-refractivity contribution in [3.63, 3.8) is 0 Å². The Morgan fingerprint density at radius 2 is 1.58 bits per heavy atom. The minimum absolute atomic E-state index is 0.117. The molecule has 1 amide bonds. The van der Waals surface area contributed by atoms with Crippen molar-refractivity contribution in [1.82, 2.24) is 9.03 Å². The number of hydrogen-bond donors (Lipinski definition) is 2. The molecule has 2 aromatic rings. The van der Waals surface area contributed by atoms with Crippen LogP contribution in [0.15, 0.2) is 53.4 Å². The Morgan fingerprint density at radius 1 is 0.970 bits per heavy atom. The van der Waals surface area contributed by atoms with Gasteiger partial charge in [-0.05, 0) is 41.3 Å². The van der Waals surface area contributed by atoms with Gasteiger partial charge in [0.15, 0.2) is 0 Å². The zero-order valence-corrected chi connectivity index (χ0v) is 20.3. The second kappa shape index (κ2) is 10.7. The highest BCUT2D eigenvalue weighted by Gasteiger charge is 2.26. The van der Waals surface area contributed by atoms with Crippen molar-refractivity contribution in [2.75, 3.05) is 38.2 Å². The van der Waals surface area contributed by atoms with Crippen molar-refractivity contribution in [2.24, 2.45) is 0 Å². The van der Waals surface area contributed by atoms with Gasteiger partial charge in [-0.1, -0.05) is 38.1 Å². The Morgan fingerprint density at radius 3 is 2.15 bits per heavy atom. The number of sulfonamides is 2. The van der Waals surface area contributed by atoms with Crippen LogP contribution in [0.3, 0.4) is 0 Å². The molecule has 1 fully saturated rings. The van der Waals surface area contributed by atoms with Crippen LogP contribution in [-0.4, -0.2) is 59.9 Å². The van der Waals surface area contributed by atoms with Crippen LogP contribution in [0.5, 0.6) is 0 Å². The van der Waals surface area contributed by atoms with Crippen LogP contribution in [0, 0.1) is 0 Å². The predicted molar refractivity (Wildman–Crippen MR) is 126 cm³/mol. The lowest BCUT2D eigenvalue weighted by atomic mass is 10.0. The summed E-state index contributed by atoms with van der Waals surface area (Å²) in [5.74, 6) is -0.434. The van der Waals surface area contributed by atoms with Gasteiger partial charge in [-0.3, -0.25) is 4.79 Å². The summed E-state index contributed by atoms with van der Waals surface area (Å²) in [4.78, 5) is 12.3. The Balaban J connectivity index is 1.52. The maximum atomic E-state index is 12.6. The molecule has 1 heterocycles. The van der Waals surface area contributed by atoms with E-state index in [0.717, 1.165) is 5.56 Å². The average molecular weight is 496 g/mol. The van der Waals surface area contributed by atoms with E-state index in [1.807, 2.05) is 12.1 Å². The average Bonchev–Trinajstić information content (AvgIpc) is 2.79. The van der Waals surface area contributed by atoms with E-state index in [-0.39, 0.29) is 10.6 Å². The predicted octanol–water partition coefficient (Wildman–Crippen LogP) is 1.89. The number of morpholine rings is 1. The van der Waals surface area contributed by atoms with Gasteiger partial charge in [-0.2, -0.15) is 4.31 Å². The van der Waals surface area contributed by atoms with E-state index in [1.54, 1.807) is 12.1 Å². The molecule has 0 radical (unpaired) electrons. The van der Waals surface area contributed by atoms with Crippen LogP contribution < -0.4 is 10.0 Å². The summed E-state index contributed by atoms with van der Waals surface area (Å²) in [5.41, 5.74) is 2.11. The topological polar surface area (TPSA) is 122 Å². The number of ether oxygens (including phenoxy) is 1. The van der Waals surface area contributed by atoms with E-state index in [4.69, 9.17) is 4.74 Å². The number of rotatable bonds is 9. The summed E-state index contributed by atoms with van der Waals surface area (Å²) in [7, 11) is -7.32. The minimum atomic E-state index is -3.70. The third-order valence-corrected chi connectivity index (χ3v) is 8.41. The summed E-state index contributed by atoms with van der Waals surface area (Å²) in [6.45, 7) is 4.98. The maximum Gasteiger partial charge on any atom is 0.243 e. The molecule has 0 aliphatic carbocycles. The summed E-state index contributed by atoms with van der Waals surface area (Å²) in [6, 6.07) is 13.1. The first-order valence-electron chi connectivity index (χ1n) is 10.6. The molecule has 1 saturated heterocycles. The molecule has 2 aromatic carbocycles. The van der Waals surface area contributed by atoms with Gasteiger partial charge in [0, 0.05) is 18.8 Å². The first-order chi connectivity index (χ1) is 15.6. The minimum Gasteiger partial charge on any atom is -0.379 e. The lowest BCUT2D eigenvalue weighted by molar-refractivity contribution is -0.115. The molecule has 1 aliphatic heterocycles. The van der Waals surface area contributed by atoms with Gasteiger partial charge in [0.25, 0.3) is 0 Å². The SMILES string of the molecule is CC(C)c1ccc(CS(=O)(=O)NCC(=O)Nc2ccc(S(=O)(=O)N3CCOCC3)cc2)cc1. The molecule has 180 valence electrons. The van der Waals surface area contributed by atoms with E-state index < -0.39 is 32.5 Å². The number of anilines is 1. The molecule has 1 aliphatic rings.